The lowest BCUT2D eigenvalue weighted by Gasteiger charge is -2.05. The third-order valence-electron chi connectivity index (χ3n) is 1.91. The molecule has 17 heavy (non-hydrogen) atoms. The minimum atomic E-state index is 0.227. The number of hydrogen-bond acceptors (Lipinski definition) is 3. The number of rotatable bonds is 2. The maximum atomic E-state index is 6.07. The van der Waals surface area contributed by atoms with Crippen LogP contribution in [-0.2, 0) is 0 Å². The van der Waals surface area contributed by atoms with Crippen molar-refractivity contribution in [3.8, 4) is 0 Å². The van der Waals surface area contributed by atoms with Crippen molar-refractivity contribution in [2.24, 2.45) is 0 Å². The Kier molecular flexibility index (Phi) is 4.15. The topological polar surface area (TPSA) is 25.8 Å². The van der Waals surface area contributed by atoms with Gasteiger partial charge in [-0.15, -0.1) is 0 Å². The van der Waals surface area contributed by atoms with Crippen LogP contribution in [0.15, 0.2) is 34.2 Å². The molecule has 0 fully saturated rings. The van der Waals surface area contributed by atoms with E-state index in [1.54, 1.807) is 18.2 Å². The summed E-state index contributed by atoms with van der Waals surface area (Å²) >= 11 is 19.2. The number of halogens is 3. The molecule has 1 aromatic heterocycles. The van der Waals surface area contributed by atoms with Crippen LogP contribution in [0.2, 0.25) is 15.3 Å². The molecule has 0 atom stereocenters. The van der Waals surface area contributed by atoms with Gasteiger partial charge >= 0.3 is 0 Å². The van der Waals surface area contributed by atoms with Gasteiger partial charge in [-0.2, -0.15) is 0 Å². The molecule has 2 aromatic rings. The smallest absolute Gasteiger partial charge is 0.223 e. The molecule has 2 nitrogen and oxygen atoms in total. The molecule has 0 radical (unpaired) electrons. The summed E-state index contributed by atoms with van der Waals surface area (Å²) in [6.45, 7) is 1.86. The summed E-state index contributed by atoms with van der Waals surface area (Å²) in [7, 11) is 0. The molecule has 0 saturated heterocycles. The molecule has 6 heteroatoms. The predicted molar refractivity (Wildman–Crippen MR) is 72.4 cm³/mol. The highest BCUT2D eigenvalue weighted by molar-refractivity contribution is 7.99. The minimum absolute atomic E-state index is 0.227. The highest BCUT2D eigenvalue weighted by Crippen LogP contribution is 2.34. The largest absolute Gasteiger partial charge is 0.223 e. The average Bonchev–Trinajstić information content (AvgIpc) is 2.22. The van der Waals surface area contributed by atoms with Gasteiger partial charge in [0, 0.05) is 15.6 Å². The molecule has 0 unspecified atom stereocenters. The quantitative estimate of drug-likeness (QED) is 0.583. The number of aromatic nitrogens is 2. The summed E-state index contributed by atoms with van der Waals surface area (Å²) in [4.78, 5) is 8.95. The fraction of sp³-hybridized carbons (Fsp3) is 0.0909. The third-order valence-corrected chi connectivity index (χ3v) is 3.73. The SMILES string of the molecule is Cc1cc(Sc2cc(Cl)ccc2Cl)nc(Cl)n1. The van der Waals surface area contributed by atoms with E-state index in [0.717, 1.165) is 15.6 Å². The summed E-state index contributed by atoms with van der Waals surface area (Å²) in [5, 5.41) is 2.23. The Morgan fingerprint density at radius 3 is 2.53 bits per heavy atom. The van der Waals surface area contributed by atoms with Crippen molar-refractivity contribution in [2.75, 3.05) is 0 Å². The molecule has 1 aromatic carbocycles. The lowest BCUT2D eigenvalue weighted by molar-refractivity contribution is 1.01. The van der Waals surface area contributed by atoms with E-state index in [0.29, 0.717) is 10.0 Å². The highest BCUT2D eigenvalue weighted by atomic mass is 35.5. The maximum Gasteiger partial charge on any atom is 0.223 e. The Balaban J connectivity index is 2.34. The third kappa shape index (κ3) is 3.49. The Morgan fingerprint density at radius 1 is 1.06 bits per heavy atom. The van der Waals surface area contributed by atoms with E-state index in [9.17, 15) is 0 Å². The van der Waals surface area contributed by atoms with Crippen molar-refractivity contribution >= 4 is 46.6 Å². The normalized spacial score (nSPS) is 10.6. The van der Waals surface area contributed by atoms with Gasteiger partial charge in [-0.3, -0.25) is 0 Å². The lowest BCUT2D eigenvalue weighted by Crippen LogP contribution is -1.89. The first-order valence-electron chi connectivity index (χ1n) is 4.69. The molecule has 0 aliphatic heterocycles. The molecule has 0 spiro atoms. The van der Waals surface area contributed by atoms with Crippen LogP contribution in [-0.4, -0.2) is 9.97 Å². The zero-order valence-electron chi connectivity index (χ0n) is 8.75. The van der Waals surface area contributed by atoms with Crippen LogP contribution in [0.25, 0.3) is 0 Å². The van der Waals surface area contributed by atoms with E-state index in [2.05, 4.69) is 9.97 Å². The fourth-order valence-electron chi connectivity index (χ4n) is 1.23. The van der Waals surface area contributed by atoms with Crippen LogP contribution < -0.4 is 0 Å². The van der Waals surface area contributed by atoms with Gasteiger partial charge in [-0.1, -0.05) is 35.0 Å². The first-order valence-corrected chi connectivity index (χ1v) is 6.64. The molecule has 88 valence electrons. The van der Waals surface area contributed by atoms with Crippen molar-refractivity contribution in [1.29, 1.82) is 0 Å². The van der Waals surface area contributed by atoms with Crippen LogP contribution in [0.5, 0.6) is 0 Å². The van der Waals surface area contributed by atoms with Crippen molar-refractivity contribution in [2.45, 2.75) is 16.8 Å². The van der Waals surface area contributed by atoms with Crippen molar-refractivity contribution in [3.63, 3.8) is 0 Å². The Hall–Kier alpha value is -0.480. The number of benzene rings is 1. The molecule has 0 saturated carbocycles. The van der Waals surface area contributed by atoms with E-state index >= 15 is 0 Å². The maximum absolute atomic E-state index is 6.07. The van der Waals surface area contributed by atoms with Gasteiger partial charge in [0.2, 0.25) is 5.28 Å². The first kappa shape index (κ1) is 13.0. The van der Waals surface area contributed by atoms with Gasteiger partial charge in [-0.25, -0.2) is 9.97 Å². The number of nitrogens with zero attached hydrogens (tertiary/aromatic N) is 2. The molecular weight excluding hydrogens is 299 g/mol. The highest BCUT2D eigenvalue weighted by Gasteiger charge is 2.07. The average molecular weight is 306 g/mol. The van der Waals surface area contributed by atoms with E-state index < -0.39 is 0 Å². The van der Waals surface area contributed by atoms with E-state index in [1.165, 1.54) is 11.8 Å². The van der Waals surface area contributed by atoms with Crippen molar-refractivity contribution in [3.05, 3.63) is 45.3 Å². The number of hydrogen-bond donors (Lipinski definition) is 0. The Labute approximate surface area is 118 Å². The Bertz CT molecular complexity index is 540. The molecule has 0 aliphatic rings. The van der Waals surface area contributed by atoms with E-state index in [1.807, 2.05) is 13.0 Å². The van der Waals surface area contributed by atoms with Gasteiger partial charge in [0.1, 0.15) is 5.03 Å². The summed E-state index contributed by atoms with van der Waals surface area (Å²) < 4.78 is 0. The van der Waals surface area contributed by atoms with Crippen LogP contribution in [0.3, 0.4) is 0 Å². The predicted octanol–water partition coefficient (Wildman–Crippen LogP) is 4.90. The fourth-order valence-corrected chi connectivity index (χ4v) is 2.91. The van der Waals surface area contributed by atoms with E-state index in [4.69, 9.17) is 34.8 Å². The molecule has 1 heterocycles. The van der Waals surface area contributed by atoms with E-state index in [-0.39, 0.29) is 5.28 Å². The minimum Gasteiger partial charge on any atom is -0.223 e. The molecule has 0 amide bonds. The molecule has 0 N–H and O–H groups in total. The Morgan fingerprint density at radius 2 is 1.82 bits per heavy atom. The zero-order chi connectivity index (χ0) is 12.4. The summed E-state index contributed by atoms with van der Waals surface area (Å²) in [6, 6.07) is 7.13. The van der Waals surface area contributed by atoms with Gasteiger partial charge in [0.15, 0.2) is 0 Å². The molecule has 2 rings (SSSR count). The monoisotopic (exact) mass is 304 g/mol. The van der Waals surface area contributed by atoms with Gasteiger partial charge < -0.3 is 0 Å². The zero-order valence-corrected chi connectivity index (χ0v) is 11.8. The van der Waals surface area contributed by atoms with Crippen LogP contribution in [0.4, 0.5) is 0 Å². The van der Waals surface area contributed by atoms with Crippen LogP contribution in [0.1, 0.15) is 5.69 Å². The van der Waals surface area contributed by atoms with Crippen molar-refractivity contribution in [1.82, 2.24) is 9.97 Å². The van der Waals surface area contributed by atoms with Crippen LogP contribution >= 0.6 is 46.6 Å². The molecule has 0 aliphatic carbocycles. The second kappa shape index (κ2) is 5.44. The lowest BCUT2D eigenvalue weighted by atomic mass is 10.4. The second-order valence-corrected chi connectivity index (χ2v) is 5.54. The van der Waals surface area contributed by atoms with Gasteiger partial charge in [-0.05, 0) is 42.8 Å². The first-order chi connectivity index (χ1) is 8.04. The number of aryl methyl sites for hydroxylation is 1. The standard InChI is InChI=1S/C11H7Cl3N2S/c1-6-4-10(16-11(14)15-6)17-9-5-7(12)2-3-8(9)13/h2-5H,1H3. The second-order valence-electron chi connectivity index (χ2n) is 3.29. The molecule has 0 bridgehead atoms. The van der Waals surface area contributed by atoms with Crippen molar-refractivity contribution < 1.29 is 0 Å². The molecular formula is C11H7Cl3N2S. The van der Waals surface area contributed by atoms with Gasteiger partial charge in [0.25, 0.3) is 0 Å². The van der Waals surface area contributed by atoms with Crippen LogP contribution in [0, 0.1) is 6.92 Å². The summed E-state index contributed by atoms with van der Waals surface area (Å²) in [6.07, 6.45) is 0. The summed E-state index contributed by atoms with van der Waals surface area (Å²) in [5.41, 5.74) is 0.811. The van der Waals surface area contributed by atoms with Gasteiger partial charge in [0.05, 0.1) is 5.02 Å². The summed E-state index contributed by atoms with van der Waals surface area (Å²) in [5.74, 6) is 0.